The normalized spacial score (nSPS) is 9.68. The van der Waals surface area contributed by atoms with Crippen LogP contribution in [0, 0.1) is 35.3 Å². The molecule has 3 rings (SSSR count). The molecule has 3 aromatic rings. The summed E-state index contributed by atoms with van der Waals surface area (Å²) in [6.45, 7) is 1.49. The molecule has 0 aliphatic carbocycles. The van der Waals surface area contributed by atoms with Crippen LogP contribution in [0.15, 0.2) is 71.6 Å². The van der Waals surface area contributed by atoms with Crippen molar-refractivity contribution in [2.24, 2.45) is 0 Å². The Morgan fingerprint density at radius 1 is 0.714 bits per heavy atom. The first-order valence-electron chi connectivity index (χ1n) is 8.38. The quantitative estimate of drug-likeness (QED) is 0.410. The molecule has 0 saturated heterocycles. The molecule has 0 unspecified atom stereocenters. The summed E-state index contributed by atoms with van der Waals surface area (Å²) >= 11 is 1.12. The number of hydrogen-bond donors (Lipinski definition) is 0. The summed E-state index contributed by atoms with van der Waals surface area (Å²) in [5.41, 5.74) is 1.31. The molecule has 0 spiro atoms. The summed E-state index contributed by atoms with van der Waals surface area (Å²) in [6, 6.07) is 18.9. The molecule has 1 nitrogen and oxygen atoms in total. The highest BCUT2D eigenvalue weighted by molar-refractivity contribution is 8.13. The molecule has 0 aromatic heterocycles. The minimum absolute atomic E-state index is 0.00756. The Labute approximate surface area is 166 Å². The van der Waals surface area contributed by atoms with E-state index in [4.69, 9.17) is 0 Å². The number of carbonyl (C=O) groups is 1. The second kappa shape index (κ2) is 9.04. The van der Waals surface area contributed by atoms with Gasteiger partial charge in [-0.05, 0) is 48.5 Å². The van der Waals surface area contributed by atoms with Crippen LogP contribution in [0.3, 0.4) is 0 Å². The third-order valence-corrected chi connectivity index (χ3v) is 4.45. The van der Waals surface area contributed by atoms with Gasteiger partial charge in [-0.25, -0.2) is 8.78 Å². The fraction of sp³-hybridized carbons (Fsp3) is 0.0417. The van der Waals surface area contributed by atoms with Crippen molar-refractivity contribution in [3.8, 4) is 23.7 Å². The zero-order valence-electron chi connectivity index (χ0n) is 14.9. The van der Waals surface area contributed by atoms with Crippen LogP contribution in [-0.4, -0.2) is 5.12 Å². The van der Waals surface area contributed by atoms with Crippen LogP contribution < -0.4 is 0 Å². The SMILES string of the molecule is CC(=O)Sc1ccc(C#Cc2ccc(C#Cc3ccccc3)c(F)c2F)cc1. The Balaban J connectivity index is 1.81. The molecule has 28 heavy (non-hydrogen) atoms. The molecule has 0 atom stereocenters. The van der Waals surface area contributed by atoms with Crippen molar-refractivity contribution >= 4 is 16.9 Å². The molecule has 0 amide bonds. The van der Waals surface area contributed by atoms with Crippen molar-refractivity contribution in [3.05, 3.63) is 101 Å². The Hall–Kier alpha value is -3.34. The van der Waals surface area contributed by atoms with Gasteiger partial charge in [0.15, 0.2) is 16.7 Å². The summed E-state index contributed by atoms with van der Waals surface area (Å²) in [6.07, 6.45) is 0. The van der Waals surface area contributed by atoms with Crippen LogP contribution in [0.4, 0.5) is 8.78 Å². The number of rotatable bonds is 1. The van der Waals surface area contributed by atoms with Gasteiger partial charge in [-0.3, -0.25) is 4.79 Å². The standard InChI is InChI=1S/C24H14F2OS/c1-17(27)28-22-15-9-19(10-16-22)8-12-21-14-13-20(23(25)24(21)26)11-7-18-5-3-2-4-6-18/h2-6,9-10,13-16H,1H3. The van der Waals surface area contributed by atoms with Crippen LogP contribution >= 0.6 is 11.8 Å². The number of carbonyl (C=O) groups excluding carboxylic acids is 1. The molecule has 0 fully saturated rings. The second-order valence-corrected chi connectivity index (χ2v) is 7.02. The third-order valence-electron chi connectivity index (χ3n) is 3.66. The van der Waals surface area contributed by atoms with Gasteiger partial charge in [-0.15, -0.1) is 0 Å². The van der Waals surface area contributed by atoms with E-state index in [2.05, 4.69) is 23.7 Å². The zero-order chi connectivity index (χ0) is 19.9. The fourth-order valence-electron chi connectivity index (χ4n) is 2.32. The van der Waals surface area contributed by atoms with Crippen LogP contribution in [0.25, 0.3) is 0 Å². The molecule has 0 aliphatic heterocycles. The van der Waals surface area contributed by atoms with Crippen molar-refractivity contribution in [3.63, 3.8) is 0 Å². The Bertz CT molecular complexity index is 1130. The Kier molecular flexibility index (Phi) is 6.27. The van der Waals surface area contributed by atoms with E-state index in [0.29, 0.717) is 5.56 Å². The maximum absolute atomic E-state index is 14.3. The van der Waals surface area contributed by atoms with Crippen LogP contribution in [-0.2, 0) is 4.79 Å². The number of halogens is 2. The molecule has 136 valence electrons. The van der Waals surface area contributed by atoms with Crippen molar-refractivity contribution < 1.29 is 13.6 Å². The van der Waals surface area contributed by atoms with Gasteiger partial charge >= 0.3 is 0 Å². The van der Waals surface area contributed by atoms with Crippen molar-refractivity contribution in [1.29, 1.82) is 0 Å². The monoisotopic (exact) mass is 388 g/mol. The third kappa shape index (κ3) is 5.10. The van der Waals surface area contributed by atoms with E-state index in [1.807, 2.05) is 18.2 Å². The zero-order valence-corrected chi connectivity index (χ0v) is 15.7. The smallest absolute Gasteiger partial charge is 0.190 e. The average molecular weight is 388 g/mol. The Morgan fingerprint density at radius 2 is 1.21 bits per heavy atom. The van der Waals surface area contributed by atoms with E-state index in [1.54, 1.807) is 36.4 Å². The summed E-state index contributed by atoms with van der Waals surface area (Å²) < 4.78 is 28.6. The van der Waals surface area contributed by atoms with Crippen LogP contribution in [0.2, 0.25) is 0 Å². The summed E-state index contributed by atoms with van der Waals surface area (Å²) in [4.78, 5) is 11.9. The van der Waals surface area contributed by atoms with Gasteiger partial charge < -0.3 is 0 Å². The largest absolute Gasteiger partial charge is 0.287 e. The van der Waals surface area contributed by atoms with Gasteiger partial charge in [-0.2, -0.15) is 0 Å². The predicted molar refractivity (Wildman–Crippen MR) is 108 cm³/mol. The molecule has 0 N–H and O–H groups in total. The van der Waals surface area contributed by atoms with Crippen molar-refractivity contribution in [2.45, 2.75) is 11.8 Å². The highest BCUT2D eigenvalue weighted by Crippen LogP contribution is 2.19. The van der Waals surface area contributed by atoms with Crippen LogP contribution in [0.1, 0.15) is 29.2 Å². The average Bonchev–Trinajstić information content (AvgIpc) is 2.70. The molecule has 4 heteroatoms. The van der Waals surface area contributed by atoms with Gasteiger partial charge in [0.05, 0.1) is 11.1 Å². The molecule has 0 bridgehead atoms. The van der Waals surface area contributed by atoms with Gasteiger partial charge in [0, 0.05) is 22.9 Å². The van der Waals surface area contributed by atoms with E-state index in [-0.39, 0.29) is 16.2 Å². The van der Waals surface area contributed by atoms with Gasteiger partial charge in [0.25, 0.3) is 0 Å². The molecular formula is C24H14F2OS. The summed E-state index contributed by atoms with van der Waals surface area (Å²) in [5, 5.41) is -0.00756. The molecule has 3 aromatic carbocycles. The van der Waals surface area contributed by atoms with E-state index in [1.165, 1.54) is 19.1 Å². The van der Waals surface area contributed by atoms with E-state index < -0.39 is 11.6 Å². The van der Waals surface area contributed by atoms with E-state index >= 15 is 0 Å². The minimum Gasteiger partial charge on any atom is -0.287 e. The fourth-order valence-corrected chi connectivity index (χ4v) is 2.92. The van der Waals surface area contributed by atoms with Gasteiger partial charge in [0.2, 0.25) is 0 Å². The predicted octanol–water partition coefficient (Wildman–Crippen LogP) is 5.40. The lowest BCUT2D eigenvalue weighted by Crippen LogP contribution is -1.94. The van der Waals surface area contributed by atoms with Crippen molar-refractivity contribution in [1.82, 2.24) is 0 Å². The first kappa shape index (κ1) is 19.4. The highest BCUT2D eigenvalue weighted by atomic mass is 32.2. The van der Waals surface area contributed by atoms with Gasteiger partial charge in [0.1, 0.15) is 0 Å². The Morgan fingerprint density at radius 3 is 1.71 bits per heavy atom. The highest BCUT2D eigenvalue weighted by Gasteiger charge is 2.10. The second-order valence-electron chi connectivity index (χ2n) is 5.77. The molecule has 0 heterocycles. The lowest BCUT2D eigenvalue weighted by atomic mass is 10.1. The van der Waals surface area contributed by atoms with E-state index in [9.17, 15) is 13.6 Å². The van der Waals surface area contributed by atoms with Gasteiger partial charge in [-0.1, -0.05) is 53.6 Å². The van der Waals surface area contributed by atoms with Crippen LogP contribution in [0.5, 0.6) is 0 Å². The molecule has 0 aliphatic rings. The summed E-state index contributed by atoms with van der Waals surface area (Å²) in [7, 11) is 0. The maximum atomic E-state index is 14.3. The maximum Gasteiger partial charge on any atom is 0.190 e. The number of benzene rings is 3. The molecular weight excluding hydrogens is 374 g/mol. The number of hydrogen-bond acceptors (Lipinski definition) is 2. The lowest BCUT2D eigenvalue weighted by Gasteiger charge is -2.00. The minimum atomic E-state index is -1.02. The first-order valence-corrected chi connectivity index (χ1v) is 9.20. The van der Waals surface area contributed by atoms with Crippen molar-refractivity contribution in [2.75, 3.05) is 0 Å². The first-order chi connectivity index (χ1) is 13.5. The van der Waals surface area contributed by atoms with E-state index in [0.717, 1.165) is 22.2 Å². The molecule has 0 saturated carbocycles. The summed E-state index contributed by atoms with van der Waals surface area (Å²) in [5.74, 6) is 8.87. The lowest BCUT2D eigenvalue weighted by molar-refractivity contribution is -0.109. The number of thioether (sulfide) groups is 1. The molecule has 0 radical (unpaired) electrons. The topological polar surface area (TPSA) is 17.1 Å².